The summed E-state index contributed by atoms with van der Waals surface area (Å²) in [5.74, 6) is 1.36. The third kappa shape index (κ3) is 5.37. The molecule has 1 N–H and O–H groups in total. The molecule has 1 heterocycles. The number of para-hydroxylation sites is 2. The standard InChI is InChI=1S/C24H30N2O3/c1-17-9-11-19(12-10-17)29-21-8-6-5-7-20(21)25-22(27)18-13-15-26(16-14-18)23(28)24(2,3)4/h5-12,18H,13-16H2,1-4H3,(H,25,27). The number of aryl methyl sites for hydroxylation is 1. The number of likely N-dealkylation sites (tertiary alicyclic amines) is 1. The molecule has 3 rings (SSSR count). The molecule has 154 valence electrons. The Bertz CT molecular complexity index is 860. The molecule has 0 saturated carbocycles. The minimum atomic E-state index is -0.388. The summed E-state index contributed by atoms with van der Waals surface area (Å²) in [6.07, 6.45) is 1.35. The van der Waals surface area contributed by atoms with Crippen LogP contribution in [0.2, 0.25) is 0 Å². The van der Waals surface area contributed by atoms with E-state index in [2.05, 4.69) is 5.32 Å². The number of benzene rings is 2. The fourth-order valence-electron chi connectivity index (χ4n) is 3.45. The highest BCUT2D eigenvalue weighted by Gasteiger charge is 2.32. The molecule has 5 heteroatoms. The van der Waals surface area contributed by atoms with Gasteiger partial charge in [-0.25, -0.2) is 0 Å². The van der Waals surface area contributed by atoms with Gasteiger partial charge in [0.05, 0.1) is 5.69 Å². The number of hydrogen-bond donors (Lipinski definition) is 1. The molecule has 0 aliphatic carbocycles. The second-order valence-electron chi connectivity index (χ2n) is 8.72. The van der Waals surface area contributed by atoms with E-state index in [1.165, 1.54) is 0 Å². The van der Waals surface area contributed by atoms with Crippen molar-refractivity contribution >= 4 is 17.5 Å². The van der Waals surface area contributed by atoms with Gasteiger partial charge < -0.3 is 15.0 Å². The van der Waals surface area contributed by atoms with Crippen LogP contribution in [-0.2, 0) is 9.59 Å². The van der Waals surface area contributed by atoms with Gasteiger partial charge >= 0.3 is 0 Å². The van der Waals surface area contributed by atoms with Gasteiger partial charge in [-0.05, 0) is 44.0 Å². The summed E-state index contributed by atoms with van der Waals surface area (Å²) in [7, 11) is 0. The first kappa shape index (κ1) is 20.9. The number of piperidine rings is 1. The summed E-state index contributed by atoms with van der Waals surface area (Å²) in [5.41, 5.74) is 1.43. The lowest BCUT2D eigenvalue weighted by Crippen LogP contribution is -2.45. The fourth-order valence-corrected chi connectivity index (χ4v) is 3.45. The van der Waals surface area contributed by atoms with Gasteiger partial charge in [-0.1, -0.05) is 50.6 Å². The number of amides is 2. The zero-order chi connectivity index (χ0) is 21.0. The van der Waals surface area contributed by atoms with Gasteiger partial charge in [0.15, 0.2) is 5.75 Å². The summed E-state index contributed by atoms with van der Waals surface area (Å²) in [5, 5.41) is 3.02. The first-order valence-electron chi connectivity index (χ1n) is 10.2. The lowest BCUT2D eigenvalue weighted by molar-refractivity contribution is -0.142. The van der Waals surface area contributed by atoms with E-state index >= 15 is 0 Å². The number of nitrogens with one attached hydrogen (secondary N) is 1. The third-order valence-corrected chi connectivity index (χ3v) is 5.19. The number of anilines is 1. The monoisotopic (exact) mass is 394 g/mol. The van der Waals surface area contributed by atoms with Crippen molar-refractivity contribution in [3.8, 4) is 11.5 Å². The Balaban J connectivity index is 1.62. The molecule has 1 saturated heterocycles. The average Bonchev–Trinajstić information content (AvgIpc) is 2.70. The highest BCUT2D eigenvalue weighted by atomic mass is 16.5. The molecule has 0 spiro atoms. The van der Waals surface area contributed by atoms with Crippen LogP contribution in [0.5, 0.6) is 11.5 Å². The first-order valence-corrected chi connectivity index (χ1v) is 10.2. The van der Waals surface area contributed by atoms with Crippen LogP contribution < -0.4 is 10.1 Å². The molecule has 0 radical (unpaired) electrons. The Morgan fingerprint density at radius 3 is 2.24 bits per heavy atom. The fraction of sp³-hybridized carbons (Fsp3) is 0.417. The van der Waals surface area contributed by atoms with Gasteiger partial charge in [0.25, 0.3) is 0 Å². The van der Waals surface area contributed by atoms with E-state index in [1.807, 2.05) is 81.1 Å². The topological polar surface area (TPSA) is 58.6 Å². The van der Waals surface area contributed by atoms with Crippen LogP contribution in [0.1, 0.15) is 39.2 Å². The van der Waals surface area contributed by atoms with Crippen molar-refractivity contribution in [2.24, 2.45) is 11.3 Å². The number of rotatable bonds is 4. The molecule has 1 aliphatic rings. The largest absolute Gasteiger partial charge is 0.455 e. The van der Waals surface area contributed by atoms with Crippen molar-refractivity contribution in [1.29, 1.82) is 0 Å². The maximum atomic E-state index is 12.8. The van der Waals surface area contributed by atoms with Gasteiger partial charge in [-0.15, -0.1) is 0 Å². The van der Waals surface area contributed by atoms with Gasteiger partial charge in [-0.3, -0.25) is 9.59 Å². The van der Waals surface area contributed by atoms with Crippen LogP contribution in [-0.4, -0.2) is 29.8 Å². The van der Waals surface area contributed by atoms with Crippen LogP contribution in [0, 0.1) is 18.3 Å². The van der Waals surface area contributed by atoms with Crippen molar-refractivity contribution in [3.05, 3.63) is 54.1 Å². The zero-order valence-electron chi connectivity index (χ0n) is 17.7. The summed E-state index contributed by atoms with van der Waals surface area (Å²) in [6, 6.07) is 15.3. The molecular weight excluding hydrogens is 364 g/mol. The molecular formula is C24H30N2O3. The van der Waals surface area contributed by atoms with Gasteiger partial charge in [0, 0.05) is 24.4 Å². The number of carbonyl (C=O) groups is 2. The van der Waals surface area contributed by atoms with Crippen molar-refractivity contribution in [1.82, 2.24) is 4.90 Å². The summed E-state index contributed by atoms with van der Waals surface area (Å²) in [4.78, 5) is 27.1. The molecule has 1 aliphatic heterocycles. The van der Waals surface area contributed by atoms with Gasteiger partial charge in [0.1, 0.15) is 5.75 Å². The molecule has 0 atom stereocenters. The Labute approximate surface area is 173 Å². The Kier molecular flexibility index (Phi) is 6.26. The normalized spacial score (nSPS) is 15.1. The van der Waals surface area contributed by atoms with E-state index in [0.29, 0.717) is 37.4 Å². The molecule has 2 aromatic carbocycles. The van der Waals surface area contributed by atoms with E-state index in [-0.39, 0.29) is 23.1 Å². The SMILES string of the molecule is Cc1ccc(Oc2ccccc2NC(=O)C2CCN(C(=O)C(C)(C)C)CC2)cc1. The first-order chi connectivity index (χ1) is 13.7. The maximum absolute atomic E-state index is 12.8. The Hall–Kier alpha value is -2.82. The molecule has 5 nitrogen and oxygen atoms in total. The third-order valence-electron chi connectivity index (χ3n) is 5.19. The van der Waals surface area contributed by atoms with E-state index in [4.69, 9.17) is 4.74 Å². The summed E-state index contributed by atoms with van der Waals surface area (Å²) >= 11 is 0. The summed E-state index contributed by atoms with van der Waals surface area (Å²) < 4.78 is 5.97. The molecule has 0 aromatic heterocycles. The number of ether oxygens (including phenoxy) is 1. The zero-order valence-corrected chi connectivity index (χ0v) is 17.7. The van der Waals surface area contributed by atoms with Crippen molar-refractivity contribution < 1.29 is 14.3 Å². The van der Waals surface area contributed by atoms with Crippen LogP contribution >= 0.6 is 0 Å². The van der Waals surface area contributed by atoms with Crippen LogP contribution in [0.25, 0.3) is 0 Å². The van der Waals surface area contributed by atoms with Crippen LogP contribution in [0.4, 0.5) is 5.69 Å². The van der Waals surface area contributed by atoms with E-state index < -0.39 is 0 Å². The average molecular weight is 395 g/mol. The van der Waals surface area contributed by atoms with Gasteiger partial charge in [0.2, 0.25) is 11.8 Å². The predicted molar refractivity (Wildman–Crippen MR) is 115 cm³/mol. The van der Waals surface area contributed by atoms with E-state index in [9.17, 15) is 9.59 Å². The van der Waals surface area contributed by atoms with Crippen LogP contribution in [0.15, 0.2) is 48.5 Å². The number of hydrogen-bond acceptors (Lipinski definition) is 3. The predicted octanol–water partition coefficient (Wildman–Crippen LogP) is 5.01. The molecule has 29 heavy (non-hydrogen) atoms. The number of nitrogens with zero attached hydrogens (tertiary/aromatic N) is 1. The highest BCUT2D eigenvalue weighted by molar-refractivity contribution is 5.94. The molecule has 2 amide bonds. The van der Waals surface area contributed by atoms with Crippen molar-refractivity contribution in [3.63, 3.8) is 0 Å². The molecule has 1 fully saturated rings. The van der Waals surface area contributed by atoms with Gasteiger partial charge in [-0.2, -0.15) is 0 Å². The minimum absolute atomic E-state index is 0.0205. The molecule has 0 bridgehead atoms. The second kappa shape index (κ2) is 8.68. The second-order valence-corrected chi connectivity index (χ2v) is 8.72. The Morgan fingerprint density at radius 2 is 1.62 bits per heavy atom. The molecule has 0 unspecified atom stereocenters. The summed E-state index contributed by atoms with van der Waals surface area (Å²) in [6.45, 7) is 9.06. The smallest absolute Gasteiger partial charge is 0.227 e. The quantitative estimate of drug-likeness (QED) is 0.793. The van der Waals surface area contributed by atoms with Crippen molar-refractivity contribution in [2.75, 3.05) is 18.4 Å². The maximum Gasteiger partial charge on any atom is 0.227 e. The van der Waals surface area contributed by atoms with Crippen LogP contribution in [0.3, 0.4) is 0 Å². The highest BCUT2D eigenvalue weighted by Crippen LogP contribution is 2.31. The Morgan fingerprint density at radius 1 is 1.00 bits per heavy atom. The van der Waals surface area contributed by atoms with E-state index in [0.717, 1.165) is 11.3 Å². The lowest BCUT2D eigenvalue weighted by atomic mass is 9.90. The van der Waals surface area contributed by atoms with Crippen molar-refractivity contribution in [2.45, 2.75) is 40.5 Å². The molecule has 2 aromatic rings. The minimum Gasteiger partial charge on any atom is -0.455 e. The number of carbonyl (C=O) groups excluding carboxylic acids is 2. The lowest BCUT2D eigenvalue weighted by Gasteiger charge is -2.35. The van der Waals surface area contributed by atoms with E-state index in [1.54, 1.807) is 0 Å².